The molecule has 5 heteroatoms. The highest BCUT2D eigenvalue weighted by molar-refractivity contribution is 5.58. The zero-order valence-electron chi connectivity index (χ0n) is 14.7. The Hall–Kier alpha value is -1.72. The van der Waals surface area contributed by atoms with Gasteiger partial charge in [-0.05, 0) is 30.9 Å². The van der Waals surface area contributed by atoms with Crippen LogP contribution < -0.4 is 5.32 Å². The van der Waals surface area contributed by atoms with Crippen LogP contribution in [-0.4, -0.2) is 32.5 Å². The number of hydrogen-bond acceptors (Lipinski definition) is 4. The lowest BCUT2D eigenvalue weighted by atomic mass is 10.1. The molecule has 2 aromatic rings. The van der Waals surface area contributed by atoms with E-state index in [1.807, 2.05) is 38.2 Å². The van der Waals surface area contributed by atoms with Crippen molar-refractivity contribution in [2.75, 3.05) is 6.54 Å². The number of aliphatic hydroxyl groups excluding tert-OH is 1. The summed E-state index contributed by atoms with van der Waals surface area (Å²) >= 11 is 0. The molecule has 3 rings (SSSR count). The van der Waals surface area contributed by atoms with Crippen LogP contribution in [-0.2, 0) is 6.54 Å². The Balaban J connectivity index is 1.77. The summed E-state index contributed by atoms with van der Waals surface area (Å²) < 4.78 is 2.13. The molecule has 0 spiro atoms. The second-order valence-corrected chi connectivity index (χ2v) is 7.08. The van der Waals surface area contributed by atoms with Gasteiger partial charge in [-0.15, -0.1) is 0 Å². The zero-order chi connectivity index (χ0) is 16.9. The van der Waals surface area contributed by atoms with Crippen LogP contribution in [0.25, 0.3) is 11.4 Å². The van der Waals surface area contributed by atoms with E-state index in [1.54, 1.807) is 0 Å². The predicted octanol–water partition coefficient (Wildman–Crippen LogP) is 3.17. The van der Waals surface area contributed by atoms with Gasteiger partial charge in [-0.25, -0.2) is 0 Å². The predicted molar refractivity (Wildman–Crippen MR) is 95.5 cm³/mol. The highest BCUT2D eigenvalue weighted by Crippen LogP contribution is 2.31. The minimum Gasteiger partial charge on any atom is -0.392 e. The number of pyridine rings is 1. The highest BCUT2D eigenvalue weighted by Gasteiger charge is 2.21. The second-order valence-electron chi connectivity index (χ2n) is 7.08. The van der Waals surface area contributed by atoms with E-state index < -0.39 is 0 Å². The Labute approximate surface area is 144 Å². The first kappa shape index (κ1) is 17.1. The average Bonchev–Trinajstić information content (AvgIpc) is 3.25. The second kappa shape index (κ2) is 7.90. The molecule has 2 heterocycles. The van der Waals surface area contributed by atoms with E-state index in [-0.39, 0.29) is 12.0 Å². The molecule has 0 aliphatic heterocycles. The fourth-order valence-electron chi connectivity index (χ4n) is 3.22. The van der Waals surface area contributed by atoms with Crippen molar-refractivity contribution in [3.8, 4) is 11.4 Å². The maximum atomic E-state index is 9.97. The summed E-state index contributed by atoms with van der Waals surface area (Å²) in [5, 5.41) is 18.2. The van der Waals surface area contributed by atoms with Gasteiger partial charge in [-0.1, -0.05) is 32.8 Å². The fraction of sp³-hybridized carbons (Fsp3) is 0.579. The minimum absolute atomic E-state index is 0.258. The molecule has 1 aliphatic carbocycles. The van der Waals surface area contributed by atoms with Crippen LogP contribution >= 0.6 is 0 Å². The number of rotatable bonds is 7. The number of nitrogens with zero attached hydrogens (tertiary/aromatic N) is 3. The highest BCUT2D eigenvalue weighted by atomic mass is 16.3. The summed E-state index contributed by atoms with van der Waals surface area (Å²) in [6, 6.07) is 6.45. The van der Waals surface area contributed by atoms with Gasteiger partial charge < -0.3 is 10.4 Å². The molecule has 0 amide bonds. The quantitative estimate of drug-likeness (QED) is 0.819. The molecule has 2 N–H and O–H groups in total. The Morgan fingerprint density at radius 1 is 1.29 bits per heavy atom. The van der Waals surface area contributed by atoms with E-state index >= 15 is 0 Å². The van der Waals surface area contributed by atoms with Gasteiger partial charge in [0.25, 0.3) is 0 Å². The molecule has 1 fully saturated rings. The van der Waals surface area contributed by atoms with Crippen molar-refractivity contribution in [2.45, 2.75) is 58.2 Å². The van der Waals surface area contributed by atoms with Crippen LogP contribution in [0.4, 0.5) is 0 Å². The average molecular weight is 328 g/mol. The van der Waals surface area contributed by atoms with Gasteiger partial charge in [0.1, 0.15) is 5.69 Å². The number of hydrogen-bond donors (Lipinski definition) is 2. The molecule has 1 saturated carbocycles. The van der Waals surface area contributed by atoms with Crippen molar-refractivity contribution < 1.29 is 5.11 Å². The molecule has 1 atom stereocenters. The summed E-state index contributed by atoms with van der Waals surface area (Å²) in [5.41, 5.74) is 3.01. The molecule has 24 heavy (non-hydrogen) atoms. The van der Waals surface area contributed by atoms with Gasteiger partial charge >= 0.3 is 0 Å². The summed E-state index contributed by atoms with van der Waals surface area (Å²) in [5.74, 6) is 0.258. The van der Waals surface area contributed by atoms with Gasteiger partial charge in [-0.3, -0.25) is 9.67 Å². The zero-order valence-corrected chi connectivity index (χ0v) is 14.7. The minimum atomic E-state index is -0.326. The van der Waals surface area contributed by atoms with Crippen molar-refractivity contribution in [1.82, 2.24) is 20.1 Å². The van der Waals surface area contributed by atoms with Gasteiger partial charge in [0, 0.05) is 31.0 Å². The Kier molecular flexibility index (Phi) is 5.63. The molecule has 0 bridgehead atoms. The number of nitrogens with one attached hydrogen (secondary N) is 1. The summed E-state index contributed by atoms with van der Waals surface area (Å²) in [6.45, 7) is 5.35. The molecule has 0 aromatic carbocycles. The first-order valence-corrected chi connectivity index (χ1v) is 9.03. The molecule has 0 saturated heterocycles. The van der Waals surface area contributed by atoms with Crippen LogP contribution in [0.5, 0.6) is 0 Å². The Bertz CT molecular complexity index is 632. The van der Waals surface area contributed by atoms with Crippen molar-refractivity contribution in [2.24, 2.45) is 5.92 Å². The Morgan fingerprint density at radius 2 is 2.08 bits per heavy atom. The normalized spacial score (nSPS) is 16.8. The smallest absolute Gasteiger partial charge is 0.115 e. The van der Waals surface area contributed by atoms with E-state index in [0.29, 0.717) is 19.1 Å². The van der Waals surface area contributed by atoms with E-state index in [0.717, 1.165) is 17.0 Å². The third-order valence-corrected chi connectivity index (χ3v) is 4.85. The van der Waals surface area contributed by atoms with Gasteiger partial charge in [0.2, 0.25) is 0 Å². The van der Waals surface area contributed by atoms with Crippen LogP contribution in [0, 0.1) is 5.92 Å². The molecule has 1 aliphatic rings. The topological polar surface area (TPSA) is 63.0 Å². The maximum Gasteiger partial charge on any atom is 0.115 e. The molecule has 1 unspecified atom stereocenters. The van der Waals surface area contributed by atoms with Crippen molar-refractivity contribution in [1.29, 1.82) is 0 Å². The van der Waals surface area contributed by atoms with Crippen LogP contribution in [0.3, 0.4) is 0 Å². The van der Waals surface area contributed by atoms with Crippen molar-refractivity contribution in [3.05, 3.63) is 36.2 Å². The third kappa shape index (κ3) is 4.02. The summed E-state index contributed by atoms with van der Waals surface area (Å²) in [7, 11) is 0. The van der Waals surface area contributed by atoms with Gasteiger partial charge in [0.05, 0.1) is 17.8 Å². The lowest BCUT2D eigenvalue weighted by Gasteiger charge is -2.14. The number of aromatic nitrogens is 3. The van der Waals surface area contributed by atoms with E-state index in [1.165, 1.54) is 25.7 Å². The van der Waals surface area contributed by atoms with Crippen molar-refractivity contribution >= 4 is 0 Å². The van der Waals surface area contributed by atoms with E-state index in [2.05, 4.69) is 21.2 Å². The van der Waals surface area contributed by atoms with E-state index in [9.17, 15) is 5.11 Å². The third-order valence-electron chi connectivity index (χ3n) is 4.85. The summed E-state index contributed by atoms with van der Waals surface area (Å²) in [6.07, 6.45) is 8.64. The Morgan fingerprint density at radius 3 is 2.75 bits per heavy atom. The maximum absolute atomic E-state index is 9.97. The largest absolute Gasteiger partial charge is 0.392 e. The van der Waals surface area contributed by atoms with E-state index in [4.69, 9.17) is 5.10 Å². The molecular weight excluding hydrogens is 300 g/mol. The summed E-state index contributed by atoms with van der Waals surface area (Å²) in [4.78, 5) is 4.47. The van der Waals surface area contributed by atoms with Crippen molar-refractivity contribution in [3.63, 3.8) is 0 Å². The first-order chi connectivity index (χ1) is 11.6. The molecule has 2 aromatic heterocycles. The molecule has 0 radical (unpaired) electrons. The monoisotopic (exact) mass is 328 g/mol. The molecular formula is C19H28N4O. The first-order valence-electron chi connectivity index (χ1n) is 9.03. The van der Waals surface area contributed by atoms with Gasteiger partial charge in [0.15, 0.2) is 0 Å². The van der Waals surface area contributed by atoms with Crippen LogP contribution in [0.2, 0.25) is 0 Å². The lowest BCUT2D eigenvalue weighted by molar-refractivity contribution is 0.123. The fourth-order valence-corrected chi connectivity index (χ4v) is 3.22. The van der Waals surface area contributed by atoms with Crippen LogP contribution in [0.15, 0.2) is 30.6 Å². The molecule has 130 valence electrons. The molecule has 5 nitrogen and oxygen atoms in total. The lowest BCUT2D eigenvalue weighted by Crippen LogP contribution is -2.30. The number of aliphatic hydroxyl groups is 1. The standard InChI is InChI=1S/C19H28N4O/c1-14(2)18(24)12-20-11-15-13-23(16-7-3-4-8-16)22-19(15)17-9-5-6-10-21-17/h5-6,9-10,13-14,16,18,20,24H,3-4,7-8,11-12H2,1-2H3. The van der Waals surface area contributed by atoms with Crippen LogP contribution in [0.1, 0.15) is 51.1 Å². The van der Waals surface area contributed by atoms with Gasteiger partial charge in [-0.2, -0.15) is 5.10 Å². The SMILES string of the molecule is CC(C)C(O)CNCc1cn(C2CCCC2)nc1-c1ccccn1.